The van der Waals surface area contributed by atoms with Gasteiger partial charge in [0.1, 0.15) is 28.5 Å². The summed E-state index contributed by atoms with van der Waals surface area (Å²) < 4.78 is 21.8. The van der Waals surface area contributed by atoms with Crippen molar-refractivity contribution >= 4 is 51.0 Å². The minimum absolute atomic E-state index is 0.114. The lowest BCUT2D eigenvalue weighted by atomic mass is 10.1. The molecule has 1 aliphatic rings. The second-order valence-corrected chi connectivity index (χ2v) is 14.6. The van der Waals surface area contributed by atoms with E-state index < -0.39 is 23.5 Å². The Kier molecular flexibility index (Phi) is 11.5. The third kappa shape index (κ3) is 7.68. The van der Waals surface area contributed by atoms with E-state index >= 15 is 0 Å². The van der Waals surface area contributed by atoms with Crippen LogP contribution in [0.3, 0.4) is 0 Å². The number of amides is 3. The lowest BCUT2D eigenvalue weighted by Gasteiger charge is -2.37. The van der Waals surface area contributed by atoms with Crippen molar-refractivity contribution in [1.82, 2.24) is 39.9 Å². The molecule has 7 N–H and O–H groups in total. The van der Waals surface area contributed by atoms with Gasteiger partial charge in [0, 0.05) is 54.7 Å². The fourth-order valence-electron chi connectivity index (χ4n) is 7.65. The van der Waals surface area contributed by atoms with Gasteiger partial charge in [-0.05, 0) is 77.5 Å². The molecule has 60 heavy (non-hydrogen) atoms. The van der Waals surface area contributed by atoms with E-state index in [-0.39, 0.29) is 17.9 Å². The van der Waals surface area contributed by atoms with Crippen LogP contribution in [0.1, 0.15) is 75.7 Å². The van der Waals surface area contributed by atoms with Gasteiger partial charge in [0.05, 0.1) is 36.3 Å². The topological polar surface area (TPSA) is 236 Å². The molecule has 7 rings (SSSR count). The highest BCUT2D eigenvalue weighted by Crippen LogP contribution is 2.46. The van der Waals surface area contributed by atoms with Gasteiger partial charge in [-0.3, -0.25) is 19.1 Å². The summed E-state index contributed by atoms with van der Waals surface area (Å²) >= 11 is 0. The Balaban J connectivity index is 1.31. The number of hydrogen-bond donors (Lipinski definition) is 5. The summed E-state index contributed by atoms with van der Waals surface area (Å²) in [6.07, 6.45) is 6.92. The van der Waals surface area contributed by atoms with E-state index in [1.165, 1.54) is 7.11 Å². The summed E-state index contributed by atoms with van der Waals surface area (Å²) in [6.45, 7) is 11.7. The van der Waals surface area contributed by atoms with Crippen LogP contribution < -0.4 is 41.8 Å². The van der Waals surface area contributed by atoms with Gasteiger partial charge in [0.25, 0.3) is 5.91 Å². The molecule has 0 bridgehead atoms. The first-order valence-electron chi connectivity index (χ1n) is 19.8. The molecule has 6 aromatic rings. The summed E-state index contributed by atoms with van der Waals surface area (Å²) in [5, 5.41) is 15.6. The predicted octanol–water partition coefficient (Wildman–Crippen LogP) is 4.42. The summed E-state index contributed by atoms with van der Waals surface area (Å²) in [5.41, 5.74) is 16.7. The Morgan fingerprint density at radius 2 is 1.72 bits per heavy atom. The van der Waals surface area contributed by atoms with Crippen LogP contribution in [0.25, 0.3) is 33.5 Å². The monoisotopic (exact) mass is 818 g/mol. The number of rotatable bonds is 17. The summed E-state index contributed by atoms with van der Waals surface area (Å²) in [7, 11) is 3.38. The van der Waals surface area contributed by atoms with Crippen molar-refractivity contribution in [3.63, 3.8) is 0 Å². The molecule has 0 radical (unpaired) electrons. The van der Waals surface area contributed by atoms with E-state index in [2.05, 4.69) is 26.0 Å². The molecule has 1 unspecified atom stereocenters. The molecular formula is C42H50N12O6. The van der Waals surface area contributed by atoms with Crippen LogP contribution in [0, 0.1) is 13.8 Å². The molecule has 4 aromatic heterocycles. The maximum absolute atomic E-state index is 13.8. The van der Waals surface area contributed by atoms with Crippen molar-refractivity contribution in [2.24, 2.45) is 11.5 Å². The van der Waals surface area contributed by atoms with Crippen molar-refractivity contribution < 1.29 is 28.3 Å². The number of carbonyl (C=O) groups is 3. The van der Waals surface area contributed by atoms with Crippen molar-refractivity contribution in [2.45, 2.75) is 66.3 Å². The number of methoxy groups -OCH3 is 1. The number of oxazole rings is 1. The molecule has 0 saturated heterocycles. The third-order valence-electron chi connectivity index (χ3n) is 10.4. The average Bonchev–Trinajstić information content (AvgIpc) is 3.96. The molecule has 2 aromatic carbocycles. The van der Waals surface area contributed by atoms with Crippen LogP contribution in [-0.4, -0.2) is 86.7 Å². The molecule has 0 saturated carbocycles. The Morgan fingerprint density at radius 1 is 0.983 bits per heavy atom. The number of carbonyl (C=O) groups excluding carboxylic acids is 3. The van der Waals surface area contributed by atoms with Crippen LogP contribution in [0.2, 0.25) is 0 Å². The molecule has 5 heterocycles. The van der Waals surface area contributed by atoms with Gasteiger partial charge in [-0.15, -0.1) is 0 Å². The van der Waals surface area contributed by atoms with E-state index in [1.54, 1.807) is 44.3 Å². The van der Waals surface area contributed by atoms with Crippen LogP contribution in [0.15, 0.2) is 53.1 Å². The van der Waals surface area contributed by atoms with E-state index in [4.69, 9.17) is 35.3 Å². The molecular weight excluding hydrogens is 769 g/mol. The van der Waals surface area contributed by atoms with Gasteiger partial charge < -0.3 is 50.8 Å². The van der Waals surface area contributed by atoms with Gasteiger partial charge in [-0.1, -0.05) is 19.1 Å². The predicted molar refractivity (Wildman–Crippen MR) is 227 cm³/mol. The Morgan fingerprint density at radius 3 is 2.42 bits per heavy atom. The smallest absolute Gasteiger partial charge is 0.292 e. The lowest BCUT2D eigenvalue weighted by molar-refractivity contribution is 0.0884. The number of hydrogen-bond acceptors (Lipinski definition) is 13. The van der Waals surface area contributed by atoms with Crippen molar-refractivity contribution in [3.8, 4) is 23.0 Å². The molecule has 0 fully saturated rings. The molecule has 18 nitrogen and oxygen atoms in total. The normalized spacial score (nSPS) is 14.9. The van der Waals surface area contributed by atoms with E-state index in [9.17, 15) is 14.4 Å². The molecule has 0 spiro atoms. The second kappa shape index (κ2) is 16.7. The SMILES string of the molecule is CCc1nc(C)oc1C(=O)NC1(C)Nc2cc(C(N)=O)cc(OC)c2N1C/C=C/Cn1c2nc(-c3cc(C)nn3CC)ncc2c2cc(C(N)=O)cc(OCCCNC)c21. The maximum atomic E-state index is 13.8. The van der Waals surface area contributed by atoms with Gasteiger partial charge in [-0.25, -0.2) is 15.0 Å². The van der Waals surface area contributed by atoms with Crippen molar-refractivity contribution in [2.75, 3.05) is 44.1 Å². The highest BCUT2D eigenvalue weighted by molar-refractivity contribution is 6.12. The number of benzene rings is 2. The van der Waals surface area contributed by atoms with Crippen LogP contribution in [0.4, 0.5) is 11.4 Å². The first-order chi connectivity index (χ1) is 28.8. The number of anilines is 2. The zero-order chi connectivity index (χ0) is 42.9. The fourth-order valence-corrected chi connectivity index (χ4v) is 7.65. The summed E-state index contributed by atoms with van der Waals surface area (Å²) in [6, 6.07) is 8.56. The average molecular weight is 819 g/mol. The van der Waals surface area contributed by atoms with E-state index in [1.807, 2.05) is 60.2 Å². The minimum Gasteiger partial charge on any atom is -0.494 e. The third-order valence-corrected chi connectivity index (χ3v) is 10.4. The van der Waals surface area contributed by atoms with E-state index in [0.717, 1.165) is 29.9 Å². The molecule has 0 aliphatic carbocycles. The first-order valence-corrected chi connectivity index (χ1v) is 19.8. The molecule has 314 valence electrons. The zero-order valence-electron chi connectivity index (χ0n) is 34.8. The molecule has 1 atom stereocenters. The number of primary amides is 2. The number of nitrogens with two attached hydrogens (primary N) is 2. The van der Waals surface area contributed by atoms with Gasteiger partial charge >= 0.3 is 0 Å². The number of fused-ring (bicyclic) bond motifs is 4. The lowest BCUT2D eigenvalue weighted by Crippen LogP contribution is -2.61. The second-order valence-electron chi connectivity index (χ2n) is 14.6. The van der Waals surface area contributed by atoms with Crippen molar-refractivity contribution in [3.05, 3.63) is 82.8 Å². The largest absolute Gasteiger partial charge is 0.494 e. The highest BCUT2D eigenvalue weighted by Gasteiger charge is 2.43. The number of nitrogens with one attached hydrogen (secondary N) is 3. The highest BCUT2D eigenvalue weighted by atomic mass is 16.5. The Hall–Kier alpha value is -6.95. The number of nitrogens with zero attached hydrogens (tertiary/aromatic N) is 7. The quantitative estimate of drug-likeness (QED) is 0.0634. The Labute approximate surface area is 346 Å². The van der Waals surface area contributed by atoms with Crippen LogP contribution >= 0.6 is 0 Å². The van der Waals surface area contributed by atoms with Crippen LogP contribution in [0.5, 0.6) is 11.5 Å². The Bertz CT molecular complexity index is 2660. The number of aromatic nitrogens is 6. The summed E-state index contributed by atoms with van der Waals surface area (Å²) in [5.74, 6) is -1.09. The number of allylic oxidation sites excluding steroid dienone is 1. The standard InChI is InChI=1S/C42H50N12O6/c1-8-29-36(60-24(4)47-29)41(57)50-42(5)49-30-19-26(38(44)56)20-32(58-7)35(30)53(42)15-11-10-14-52-34-27(18-25(37(43)55)21-33(34)59-16-12-13-45-6)28-22-46-39(48-40(28)52)31-17-23(3)51-54(31)9-2/h10-11,17-22,45,49H,8-9,12-16H2,1-7H3,(H2,43,55)(H2,44,56)(H,50,57)/b11-10+. The molecule has 18 heteroatoms. The zero-order valence-corrected chi connectivity index (χ0v) is 34.8. The number of ether oxygens (including phenoxy) is 2. The van der Waals surface area contributed by atoms with Gasteiger partial charge in [0.15, 0.2) is 17.5 Å². The maximum Gasteiger partial charge on any atom is 0.292 e. The van der Waals surface area contributed by atoms with E-state index in [0.29, 0.717) is 88.4 Å². The van der Waals surface area contributed by atoms with Crippen LogP contribution in [-0.2, 0) is 19.5 Å². The first kappa shape index (κ1) is 41.2. The van der Waals surface area contributed by atoms with Crippen molar-refractivity contribution in [1.29, 1.82) is 0 Å². The molecule has 1 aliphatic heterocycles. The fraction of sp³-hybridized carbons (Fsp3) is 0.357. The summed E-state index contributed by atoms with van der Waals surface area (Å²) in [4.78, 5) is 54.9. The van der Waals surface area contributed by atoms with Gasteiger partial charge in [0.2, 0.25) is 17.6 Å². The minimum atomic E-state index is -1.24. The number of aryl methyl sites for hydroxylation is 4. The van der Waals surface area contributed by atoms with Gasteiger partial charge in [-0.2, -0.15) is 5.10 Å². The molecule has 3 amide bonds.